The van der Waals surface area contributed by atoms with Crippen LogP contribution in [0.2, 0.25) is 0 Å². The predicted molar refractivity (Wildman–Crippen MR) is 100 cm³/mol. The highest BCUT2D eigenvalue weighted by Gasteiger charge is 2.39. The van der Waals surface area contributed by atoms with Crippen molar-refractivity contribution in [1.29, 1.82) is 0 Å². The van der Waals surface area contributed by atoms with Gasteiger partial charge in [0, 0.05) is 17.8 Å². The summed E-state index contributed by atoms with van der Waals surface area (Å²) in [6.07, 6.45) is 3.62. The summed E-state index contributed by atoms with van der Waals surface area (Å²) in [5.41, 5.74) is 4.20. The molecule has 0 spiro atoms. The molecule has 1 aromatic heterocycles. The highest BCUT2D eigenvalue weighted by Crippen LogP contribution is 2.41. The molecule has 1 fully saturated rings. The van der Waals surface area contributed by atoms with E-state index >= 15 is 0 Å². The zero-order valence-electron chi connectivity index (χ0n) is 15.8. The molecule has 134 valence electrons. The second kappa shape index (κ2) is 7.03. The first-order chi connectivity index (χ1) is 11.9. The standard InChI is InChI=1S/C21H29N3O/c1-15(2)14-24-17(4)19(16(3)23-24)13-20(25)22-21(11-8-12-21)18-9-6-5-7-10-18/h5-7,9-10,15H,8,11-14H2,1-4H3,(H,22,25). The molecule has 0 bridgehead atoms. The van der Waals surface area contributed by atoms with Gasteiger partial charge in [0.1, 0.15) is 0 Å². The average Bonchev–Trinajstić information content (AvgIpc) is 2.79. The highest BCUT2D eigenvalue weighted by atomic mass is 16.1. The minimum atomic E-state index is -0.173. The van der Waals surface area contributed by atoms with Crippen LogP contribution in [0.1, 0.15) is 55.6 Å². The molecule has 1 aliphatic carbocycles. The molecule has 0 saturated heterocycles. The molecule has 0 radical (unpaired) electrons. The summed E-state index contributed by atoms with van der Waals surface area (Å²) in [4.78, 5) is 12.8. The Labute approximate surface area is 150 Å². The maximum Gasteiger partial charge on any atom is 0.225 e. The van der Waals surface area contributed by atoms with Crippen molar-refractivity contribution >= 4 is 5.91 Å². The monoisotopic (exact) mass is 339 g/mol. The van der Waals surface area contributed by atoms with Crippen molar-refractivity contribution in [3.63, 3.8) is 0 Å². The third-order valence-electron chi connectivity index (χ3n) is 5.32. The van der Waals surface area contributed by atoms with E-state index in [-0.39, 0.29) is 11.4 Å². The Hall–Kier alpha value is -2.10. The van der Waals surface area contributed by atoms with Crippen LogP contribution in [-0.2, 0) is 23.3 Å². The van der Waals surface area contributed by atoms with Crippen molar-refractivity contribution in [2.24, 2.45) is 5.92 Å². The van der Waals surface area contributed by atoms with Crippen LogP contribution >= 0.6 is 0 Å². The molecule has 0 aliphatic heterocycles. The Bertz CT molecular complexity index is 742. The summed E-state index contributed by atoms with van der Waals surface area (Å²) in [5, 5.41) is 7.95. The number of hydrogen-bond acceptors (Lipinski definition) is 2. The summed E-state index contributed by atoms with van der Waals surface area (Å²) in [5.74, 6) is 0.634. The lowest BCUT2D eigenvalue weighted by Gasteiger charge is -2.43. The lowest BCUT2D eigenvalue weighted by Crippen LogP contribution is -2.51. The Morgan fingerprint density at radius 1 is 1.24 bits per heavy atom. The number of hydrogen-bond donors (Lipinski definition) is 1. The second-order valence-electron chi connectivity index (χ2n) is 7.75. The first kappa shape index (κ1) is 17.7. The largest absolute Gasteiger partial charge is 0.346 e. The van der Waals surface area contributed by atoms with Gasteiger partial charge in [0.05, 0.1) is 17.7 Å². The molecule has 25 heavy (non-hydrogen) atoms. The van der Waals surface area contributed by atoms with Crippen LogP contribution in [0, 0.1) is 19.8 Å². The van der Waals surface area contributed by atoms with Crippen LogP contribution in [0.4, 0.5) is 0 Å². The van der Waals surface area contributed by atoms with E-state index in [2.05, 4.69) is 43.3 Å². The van der Waals surface area contributed by atoms with Gasteiger partial charge < -0.3 is 5.32 Å². The molecular weight excluding hydrogens is 310 g/mol. The molecule has 1 aromatic carbocycles. The molecule has 0 atom stereocenters. The third-order valence-corrected chi connectivity index (χ3v) is 5.32. The van der Waals surface area contributed by atoms with Crippen LogP contribution in [0.3, 0.4) is 0 Å². The molecule has 1 heterocycles. The van der Waals surface area contributed by atoms with Crippen molar-refractivity contribution in [3.05, 3.63) is 52.8 Å². The highest BCUT2D eigenvalue weighted by molar-refractivity contribution is 5.80. The van der Waals surface area contributed by atoms with E-state index in [0.29, 0.717) is 12.3 Å². The normalized spacial score (nSPS) is 15.9. The number of aryl methyl sites for hydroxylation is 1. The molecule has 2 aromatic rings. The van der Waals surface area contributed by atoms with Crippen molar-refractivity contribution in [3.8, 4) is 0 Å². The van der Waals surface area contributed by atoms with E-state index in [4.69, 9.17) is 0 Å². The van der Waals surface area contributed by atoms with Gasteiger partial charge in [-0.1, -0.05) is 44.2 Å². The van der Waals surface area contributed by atoms with Crippen LogP contribution in [0.5, 0.6) is 0 Å². The number of aromatic nitrogens is 2. The van der Waals surface area contributed by atoms with Crippen molar-refractivity contribution < 1.29 is 4.79 Å². The Balaban J connectivity index is 1.74. The zero-order valence-corrected chi connectivity index (χ0v) is 15.8. The summed E-state index contributed by atoms with van der Waals surface area (Å²) in [6.45, 7) is 9.33. The van der Waals surface area contributed by atoms with E-state index in [1.165, 1.54) is 12.0 Å². The lowest BCUT2D eigenvalue weighted by atomic mass is 9.71. The van der Waals surface area contributed by atoms with Gasteiger partial charge in [-0.3, -0.25) is 9.48 Å². The Morgan fingerprint density at radius 2 is 1.92 bits per heavy atom. The van der Waals surface area contributed by atoms with Crippen molar-refractivity contribution in [2.75, 3.05) is 0 Å². The van der Waals surface area contributed by atoms with Gasteiger partial charge in [-0.05, 0) is 44.6 Å². The van der Waals surface area contributed by atoms with E-state index in [0.717, 1.165) is 36.3 Å². The summed E-state index contributed by atoms with van der Waals surface area (Å²) in [7, 11) is 0. The van der Waals surface area contributed by atoms with Gasteiger partial charge >= 0.3 is 0 Å². The molecule has 4 heteroatoms. The van der Waals surface area contributed by atoms with Gasteiger partial charge in [0.15, 0.2) is 0 Å². The quantitative estimate of drug-likeness (QED) is 0.868. The van der Waals surface area contributed by atoms with Gasteiger partial charge in [-0.25, -0.2) is 0 Å². The molecule has 1 amide bonds. The zero-order chi connectivity index (χ0) is 18.0. The van der Waals surface area contributed by atoms with Gasteiger partial charge in [0.25, 0.3) is 0 Å². The van der Waals surface area contributed by atoms with E-state index < -0.39 is 0 Å². The van der Waals surface area contributed by atoms with Crippen LogP contribution in [0.15, 0.2) is 30.3 Å². The summed E-state index contributed by atoms with van der Waals surface area (Å²) in [6, 6.07) is 10.4. The van der Waals surface area contributed by atoms with Crippen LogP contribution in [0.25, 0.3) is 0 Å². The van der Waals surface area contributed by atoms with Crippen molar-refractivity contribution in [2.45, 2.75) is 65.5 Å². The second-order valence-corrected chi connectivity index (χ2v) is 7.75. The fraction of sp³-hybridized carbons (Fsp3) is 0.524. The number of benzene rings is 1. The lowest BCUT2D eigenvalue weighted by molar-refractivity contribution is -0.123. The SMILES string of the molecule is Cc1nn(CC(C)C)c(C)c1CC(=O)NC1(c2ccccc2)CCC1. The van der Waals surface area contributed by atoms with Gasteiger partial charge in [-0.2, -0.15) is 5.10 Å². The minimum absolute atomic E-state index is 0.0962. The Kier molecular flexibility index (Phi) is 4.98. The number of amides is 1. The fourth-order valence-electron chi connectivity index (χ4n) is 3.76. The number of rotatable bonds is 6. The third kappa shape index (κ3) is 3.63. The molecule has 1 saturated carbocycles. The first-order valence-electron chi connectivity index (χ1n) is 9.31. The van der Waals surface area contributed by atoms with Gasteiger partial charge in [-0.15, -0.1) is 0 Å². The number of carbonyl (C=O) groups is 1. The van der Waals surface area contributed by atoms with Gasteiger partial charge in [0.2, 0.25) is 5.91 Å². The average molecular weight is 339 g/mol. The molecule has 0 unspecified atom stereocenters. The van der Waals surface area contributed by atoms with E-state index in [9.17, 15) is 4.79 Å². The van der Waals surface area contributed by atoms with Crippen LogP contribution < -0.4 is 5.32 Å². The van der Waals surface area contributed by atoms with Crippen molar-refractivity contribution in [1.82, 2.24) is 15.1 Å². The predicted octanol–water partition coefficient (Wildman–Crippen LogP) is 3.89. The number of nitrogens with zero attached hydrogens (tertiary/aromatic N) is 2. The molecular formula is C21H29N3O. The maximum atomic E-state index is 12.8. The fourth-order valence-corrected chi connectivity index (χ4v) is 3.76. The summed E-state index contributed by atoms with van der Waals surface area (Å²) < 4.78 is 2.04. The minimum Gasteiger partial charge on any atom is -0.346 e. The number of nitrogens with one attached hydrogen (secondary N) is 1. The molecule has 4 nitrogen and oxygen atoms in total. The summed E-state index contributed by atoms with van der Waals surface area (Å²) >= 11 is 0. The smallest absolute Gasteiger partial charge is 0.225 e. The molecule has 1 N–H and O–H groups in total. The van der Waals surface area contributed by atoms with E-state index in [1.54, 1.807) is 0 Å². The first-order valence-corrected chi connectivity index (χ1v) is 9.31. The van der Waals surface area contributed by atoms with Crippen LogP contribution in [-0.4, -0.2) is 15.7 Å². The molecule has 3 rings (SSSR count). The topological polar surface area (TPSA) is 46.9 Å². The number of carbonyl (C=O) groups excluding carboxylic acids is 1. The molecule has 1 aliphatic rings. The maximum absolute atomic E-state index is 12.8. The van der Waals surface area contributed by atoms with E-state index in [1.807, 2.05) is 29.8 Å². The Morgan fingerprint density at radius 3 is 2.48 bits per heavy atom.